The zero-order chi connectivity index (χ0) is 19.4. The van der Waals surface area contributed by atoms with Crippen molar-refractivity contribution in [3.8, 4) is 11.1 Å². The second-order valence-electron chi connectivity index (χ2n) is 5.98. The molecule has 0 fully saturated rings. The smallest absolute Gasteiger partial charge is 0.248 e. The van der Waals surface area contributed by atoms with Gasteiger partial charge in [0.25, 0.3) is 0 Å². The molecule has 0 unspecified atom stereocenters. The molecule has 1 amide bonds. The number of primary amides is 1. The molecule has 136 valence electrons. The van der Waals surface area contributed by atoms with Gasteiger partial charge in [0.2, 0.25) is 5.91 Å². The Kier molecular flexibility index (Phi) is 5.26. The maximum atomic E-state index is 13.6. The first-order valence-electron chi connectivity index (χ1n) is 8.19. The molecule has 0 aromatic heterocycles. The normalized spacial score (nSPS) is 10.9. The molecule has 0 bridgehead atoms. The van der Waals surface area contributed by atoms with Crippen molar-refractivity contribution in [2.24, 2.45) is 10.8 Å². The Morgan fingerprint density at radius 1 is 1.04 bits per heavy atom. The molecule has 0 radical (unpaired) electrons. The third-order valence-corrected chi connectivity index (χ3v) is 4.11. The largest absolute Gasteiger partial charge is 0.366 e. The molecule has 0 saturated carbocycles. The van der Waals surface area contributed by atoms with Crippen LogP contribution in [-0.2, 0) is 0 Å². The van der Waals surface area contributed by atoms with Crippen LogP contribution in [0, 0.1) is 18.6 Å². The molecule has 3 N–H and O–H groups in total. The summed E-state index contributed by atoms with van der Waals surface area (Å²) in [6, 6.07) is 16.2. The number of carbonyl (C=O) groups excluding carboxylic acids is 1. The van der Waals surface area contributed by atoms with E-state index in [4.69, 9.17) is 5.73 Å². The van der Waals surface area contributed by atoms with Crippen molar-refractivity contribution >= 4 is 17.8 Å². The summed E-state index contributed by atoms with van der Waals surface area (Å²) in [6.07, 6.45) is 1.10. The summed E-state index contributed by atoms with van der Waals surface area (Å²) in [5.74, 6) is -1.84. The van der Waals surface area contributed by atoms with Gasteiger partial charge < -0.3 is 5.73 Å². The quantitative estimate of drug-likeness (QED) is 0.517. The number of nitrogens with two attached hydrogens (primary N) is 1. The van der Waals surface area contributed by atoms with Crippen LogP contribution in [0.5, 0.6) is 0 Å². The minimum Gasteiger partial charge on any atom is -0.366 e. The van der Waals surface area contributed by atoms with Crippen LogP contribution in [0.1, 0.15) is 21.5 Å². The average molecular weight is 365 g/mol. The number of carbonyl (C=O) groups is 1. The summed E-state index contributed by atoms with van der Waals surface area (Å²) in [6.45, 7) is 1.94. The molecular weight excluding hydrogens is 348 g/mol. The van der Waals surface area contributed by atoms with Crippen LogP contribution in [0.3, 0.4) is 0 Å². The van der Waals surface area contributed by atoms with Crippen LogP contribution >= 0.6 is 0 Å². The van der Waals surface area contributed by atoms with Gasteiger partial charge in [0.1, 0.15) is 11.6 Å². The first-order valence-corrected chi connectivity index (χ1v) is 8.19. The van der Waals surface area contributed by atoms with Crippen LogP contribution in [0.4, 0.5) is 14.5 Å². The van der Waals surface area contributed by atoms with E-state index >= 15 is 0 Å². The van der Waals surface area contributed by atoms with Crippen molar-refractivity contribution < 1.29 is 13.6 Å². The molecule has 4 nitrogen and oxygen atoms in total. The van der Waals surface area contributed by atoms with E-state index in [1.165, 1.54) is 18.2 Å². The zero-order valence-corrected chi connectivity index (χ0v) is 14.5. The van der Waals surface area contributed by atoms with E-state index in [1.807, 2.05) is 25.1 Å². The Hall–Kier alpha value is -3.54. The minimum atomic E-state index is -0.680. The highest BCUT2D eigenvalue weighted by molar-refractivity contribution is 5.94. The Labute approximate surface area is 155 Å². The second-order valence-corrected chi connectivity index (χ2v) is 5.98. The predicted octanol–water partition coefficient (Wildman–Crippen LogP) is 4.49. The molecule has 0 saturated heterocycles. The summed E-state index contributed by atoms with van der Waals surface area (Å²) in [5, 5.41) is 3.87. The molecule has 3 aromatic rings. The molecular formula is C21H17F2N3O. The lowest BCUT2D eigenvalue weighted by molar-refractivity contribution is 0.100. The van der Waals surface area contributed by atoms with Gasteiger partial charge in [0, 0.05) is 5.56 Å². The second kappa shape index (κ2) is 7.78. The SMILES string of the molecule is Cc1ccc(C(N)=O)cc1-c1ccc(N/N=C/c2c(F)cccc2F)cc1. The Balaban J connectivity index is 1.77. The lowest BCUT2D eigenvalue weighted by atomic mass is 9.98. The molecule has 0 aliphatic rings. The maximum Gasteiger partial charge on any atom is 0.248 e. The molecule has 0 aliphatic heterocycles. The fourth-order valence-electron chi connectivity index (χ4n) is 2.62. The number of benzene rings is 3. The number of hydrogen-bond acceptors (Lipinski definition) is 3. The Bertz CT molecular complexity index is 994. The summed E-state index contributed by atoms with van der Waals surface area (Å²) >= 11 is 0. The third kappa shape index (κ3) is 4.17. The number of amides is 1. The van der Waals surface area contributed by atoms with E-state index in [2.05, 4.69) is 10.5 Å². The highest BCUT2D eigenvalue weighted by atomic mass is 19.1. The zero-order valence-electron chi connectivity index (χ0n) is 14.5. The number of hydrazone groups is 1. The summed E-state index contributed by atoms with van der Waals surface area (Å²) in [7, 11) is 0. The number of nitrogens with one attached hydrogen (secondary N) is 1. The van der Waals surface area contributed by atoms with Gasteiger partial charge in [-0.2, -0.15) is 5.10 Å². The van der Waals surface area contributed by atoms with Gasteiger partial charge in [-0.3, -0.25) is 10.2 Å². The monoisotopic (exact) mass is 365 g/mol. The molecule has 0 spiro atoms. The number of halogens is 2. The molecule has 0 aliphatic carbocycles. The van der Waals surface area contributed by atoms with Gasteiger partial charge in [-0.15, -0.1) is 0 Å². The van der Waals surface area contributed by atoms with Gasteiger partial charge >= 0.3 is 0 Å². The first kappa shape index (κ1) is 18.3. The van der Waals surface area contributed by atoms with E-state index in [9.17, 15) is 13.6 Å². The molecule has 0 heterocycles. The van der Waals surface area contributed by atoms with Crippen LogP contribution in [0.25, 0.3) is 11.1 Å². The number of nitrogens with zero attached hydrogens (tertiary/aromatic N) is 1. The average Bonchev–Trinajstić information content (AvgIpc) is 2.65. The van der Waals surface area contributed by atoms with Gasteiger partial charge in [-0.1, -0.05) is 24.3 Å². The van der Waals surface area contributed by atoms with Crippen molar-refractivity contribution in [1.82, 2.24) is 0 Å². The lowest BCUT2D eigenvalue weighted by Gasteiger charge is -2.09. The molecule has 0 atom stereocenters. The van der Waals surface area contributed by atoms with Crippen molar-refractivity contribution in [3.63, 3.8) is 0 Å². The predicted molar refractivity (Wildman–Crippen MR) is 103 cm³/mol. The molecule has 27 heavy (non-hydrogen) atoms. The van der Waals surface area contributed by atoms with Crippen molar-refractivity contribution in [1.29, 1.82) is 0 Å². The summed E-state index contributed by atoms with van der Waals surface area (Å²) in [5.41, 5.74) is 11.8. The highest BCUT2D eigenvalue weighted by Crippen LogP contribution is 2.26. The number of aryl methyl sites for hydroxylation is 1. The summed E-state index contributed by atoms with van der Waals surface area (Å²) < 4.78 is 27.1. The van der Waals surface area contributed by atoms with Gasteiger partial charge in [0.05, 0.1) is 17.5 Å². The Morgan fingerprint density at radius 2 is 1.70 bits per heavy atom. The van der Waals surface area contributed by atoms with Crippen LogP contribution in [0.2, 0.25) is 0 Å². The van der Waals surface area contributed by atoms with E-state index in [0.717, 1.165) is 22.9 Å². The van der Waals surface area contributed by atoms with E-state index in [0.29, 0.717) is 11.3 Å². The van der Waals surface area contributed by atoms with Crippen LogP contribution in [0.15, 0.2) is 65.8 Å². The van der Waals surface area contributed by atoms with Gasteiger partial charge in [-0.25, -0.2) is 8.78 Å². The number of hydrogen-bond donors (Lipinski definition) is 2. The lowest BCUT2D eigenvalue weighted by Crippen LogP contribution is -2.10. The van der Waals surface area contributed by atoms with Crippen LogP contribution in [-0.4, -0.2) is 12.1 Å². The number of rotatable bonds is 5. The maximum absolute atomic E-state index is 13.6. The van der Waals surface area contributed by atoms with Crippen molar-refractivity contribution in [3.05, 3.63) is 89.0 Å². The number of anilines is 1. The first-order chi connectivity index (χ1) is 13.0. The minimum absolute atomic E-state index is 0.208. The standard InChI is InChI=1S/C21H17F2N3O/c1-13-5-6-15(21(24)27)11-17(13)14-7-9-16(10-8-14)26-25-12-18-19(22)3-2-4-20(18)23/h2-12,26H,1H3,(H2,24,27)/b25-12+. The third-order valence-electron chi connectivity index (χ3n) is 4.11. The molecule has 3 aromatic carbocycles. The molecule has 3 rings (SSSR count). The van der Waals surface area contributed by atoms with Gasteiger partial charge in [0.15, 0.2) is 0 Å². The van der Waals surface area contributed by atoms with E-state index < -0.39 is 17.5 Å². The molecule has 6 heteroatoms. The van der Waals surface area contributed by atoms with Crippen LogP contribution < -0.4 is 11.2 Å². The Morgan fingerprint density at radius 3 is 2.33 bits per heavy atom. The van der Waals surface area contributed by atoms with Gasteiger partial charge in [-0.05, 0) is 60.0 Å². The van der Waals surface area contributed by atoms with Crippen molar-refractivity contribution in [2.45, 2.75) is 6.92 Å². The van der Waals surface area contributed by atoms with E-state index in [-0.39, 0.29) is 5.56 Å². The summed E-state index contributed by atoms with van der Waals surface area (Å²) in [4.78, 5) is 11.4. The topological polar surface area (TPSA) is 67.5 Å². The van der Waals surface area contributed by atoms with E-state index in [1.54, 1.807) is 24.3 Å². The van der Waals surface area contributed by atoms with Crippen molar-refractivity contribution in [2.75, 3.05) is 5.43 Å². The fourth-order valence-corrected chi connectivity index (χ4v) is 2.62. The fraction of sp³-hybridized carbons (Fsp3) is 0.0476. The highest BCUT2D eigenvalue weighted by Gasteiger charge is 2.07.